The van der Waals surface area contributed by atoms with Crippen LogP contribution in [-0.2, 0) is 19.3 Å². The monoisotopic (exact) mass is 324 g/mol. The number of hydrogen-bond donors (Lipinski definition) is 0. The van der Waals surface area contributed by atoms with E-state index in [2.05, 4.69) is 70.2 Å². The SMILES string of the molecule is C.C.CC1Cc2ccccc2C1C.Cc1cccc2c1CC(C)C2. The highest BCUT2D eigenvalue weighted by atomic mass is 14.3. The maximum atomic E-state index is 2.34. The van der Waals surface area contributed by atoms with Crippen LogP contribution in [0.3, 0.4) is 0 Å². The van der Waals surface area contributed by atoms with Crippen molar-refractivity contribution in [2.24, 2.45) is 11.8 Å². The third-order valence-corrected chi connectivity index (χ3v) is 5.57. The highest BCUT2D eigenvalue weighted by Gasteiger charge is 2.24. The molecule has 0 heterocycles. The van der Waals surface area contributed by atoms with Crippen LogP contribution in [0.5, 0.6) is 0 Å². The fraction of sp³-hybridized carbons (Fsp3) is 0.500. The summed E-state index contributed by atoms with van der Waals surface area (Å²) in [5.74, 6) is 2.48. The molecule has 2 aromatic carbocycles. The summed E-state index contributed by atoms with van der Waals surface area (Å²) in [6.07, 6.45) is 3.86. The summed E-state index contributed by atoms with van der Waals surface area (Å²) in [5.41, 5.74) is 7.80. The first kappa shape index (κ1) is 20.5. The lowest BCUT2D eigenvalue weighted by atomic mass is 9.97. The fourth-order valence-corrected chi connectivity index (χ4v) is 4.04. The lowest BCUT2D eigenvalue weighted by Crippen LogP contribution is -1.97. The van der Waals surface area contributed by atoms with Gasteiger partial charge < -0.3 is 0 Å². The zero-order valence-corrected chi connectivity index (χ0v) is 14.4. The van der Waals surface area contributed by atoms with Gasteiger partial charge in [0.05, 0.1) is 0 Å². The van der Waals surface area contributed by atoms with Gasteiger partial charge in [-0.25, -0.2) is 0 Å². The third-order valence-electron chi connectivity index (χ3n) is 5.57. The van der Waals surface area contributed by atoms with E-state index in [1.807, 2.05) is 0 Å². The molecule has 0 spiro atoms. The van der Waals surface area contributed by atoms with Crippen molar-refractivity contribution < 1.29 is 0 Å². The predicted molar refractivity (Wildman–Crippen MR) is 109 cm³/mol. The Bertz CT molecular complexity index is 653. The summed E-state index contributed by atoms with van der Waals surface area (Å²) in [5, 5.41) is 0. The molecular weight excluding hydrogens is 288 g/mol. The van der Waals surface area contributed by atoms with Crippen molar-refractivity contribution in [3.63, 3.8) is 0 Å². The molecule has 4 rings (SSSR count). The summed E-state index contributed by atoms with van der Waals surface area (Å²) in [6, 6.07) is 15.5. The molecule has 0 fully saturated rings. The molecule has 0 radical (unpaired) electrons. The van der Waals surface area contributed by atoms with E-state index in [4.69, 9.17) is 0 Å². The van der Waals surface area contributed by atoms with Crippen LogP contribution in [0.2, 0.25) is 0 Å². The van der Waals surface area contributed by atoms with Gasteiger partial charge >= 0.3 is 0 Å². The Balaban J connectivity index is 0.000000222. The first-order valence-electron chi connectivity index (χ1n) is 8.71. The first-order chi connectivity index (χ1) is 10.6. The lowest BCUT2D eigenvalue weighted by Gasteiger charge is -2.08. The van der Waals surface area contributed by atoms with Gasteiger partial charge in [0, 0.05) is 0 Å². The molecule has 3 unspecified atom stereocenters. The lowest BCUT2D eigenvalue weighted by molar-refractivity contribution is 0.532. The Labute approximate surface area is 150 Å². The van der Waals surface area contributed by atoms with Crippen LogP contribution in [0.1, 0.15) is 69.4 Å². The van der Waals surface area contributed by atoms with E-state index in [1.165, 1.54) is 24.8 Å². The second kappa shape index (κ2) is 8.51. The standard InChI is InChI=1S/2C11H14.2CH4/c1-8-6-10-5-3-4-9(2)11(10)7-8;1-8-7-10-5-3-4-6-11(10)9(8)2;;/h3-5,8H,6-7H2,1-2H3;3-6,8-9H,7H2,1-2H3;2*1H4. The normalized spacial score (nSPS) is 23.1. The van der Waals surface area contributed by atoms with Gasteiger partial charge in [0.25, 0.3) is 0 Å². The summed E-state index contributed by atoms with van der Waals surface area (Å²) >= 11 is 0. The zero-order chi connectivity index (χ0) is 15.7. The molecule has 0 aromatic heterocycles. The Morgan fingerprint density at radius 3 is 2.08 bits per heavy atom. The highest BCUT2D eigenvalue weighted by molar-refractivity contribution is 5.38. The van der Waals surface area contributed by atoms with Gasteiger partial charge in [-0.15, -0.1) is 0 Å². The van der Waals surface area contributed by atoms with Crippen molar-refractivity contribution >= 4 is 0 Å². The largest absolute Gasteiger partial charge is 0.0776 e. The molecular formula is C24H36. The molecule has 24 heavy (non-hydrogen) atoms. The Morgan fingerprint density at radius 2 is 1.42 bits per heavy atom. The van der Waals surface area contributed by atoms with Crippen molar-refractivity contribution in [1.82, 2.24) is 0 Å². The third kappa shape index (κ3) is 4.09. The Hall–Kier alpha value is -1.56. The zero-order valence-electron chi connectivity index (χ0n) is 14.4. The van der Waals surface area contributed by atoms with Crippen LogP contribution in [-0.4, -0.2) is 0 Å². The Morgan fingerprint density at radius 1 is 0.750 bits per heavy atom. The van der Waals surface area contributed by atoms with Gasteiger partial charge in [0.2, 0.25) is 0 Å². The highest BCUT2D eigenvalue weighted by Crippen LogP contribution is 2.36. The quantitative estimate of drug-likeness (QED) is 0.490. The Kier molecular flexibility index (Phi) is 7.27. The number of benzene rings is 2. The van der Waals surface area contributed by atoms with Gasteiger partial charge in [0.1, 0.15) is 0 Å². The molecule has 0 saturated carbocycles. The maximum absolute atomic E-state index is 2.34. The minimum absolute atomic E-state index is 0. The van der Waals surface area contributed by atoms with Gasteiger partial charge in [-0.1, -0.05) is 78.1 Å². The van der Waals surface area contributed by atoms with E-state index >= 15 is 0 Å². The number of fused-ring (bicyclic) bond motifs is 2. The minimum Gasteiger partial charge on any atom is -0.0776 e. The minimum atomic E-state index is 0. The molecule has 0 amide bonds. The molecule has 0 saturated heterocycles. The average molecular weight is 325 g/mol. The molecule has 0 aliphatic heterocycles. The molecule has 0 N–H and O–H groups in total. The van der Waals surface area contributed by atoms with Crippen LogP contribution >= 0.6 is 0 Å². The van der Waals surface area contributed by atoms with Crippen molar-refractivity contribution in [2.45, 2.75) is 67.7 Å². The first-order valence-corrected chi connectivity index (χ1v) is 8.71. The molecule has 3 atom stereocenters. The maximum Gasteiger partial charge on any atom is -0.0159 e. The van der Waals surface area contributed by atoms with Gasteiger partial charge in [-0.3, -0.25) is 0 Å². The topological polar surface area (TPSA) is 0 Å². The smallest absolute Gasteiger partial charge is 0.0159 e. The summed E-state index contributed by atoms with van der Waals surface area (Å²) in [6.45, 7) is 9.22. The van der Waals surface area contributed by atoms with Gasteiger partial charge in [-0.2, -0.15) is 0 Å². The van der Waals surface area contributed by atoms with E-state index in [0.717, 1.165) is 17.8 Å². The van der Waals surface area contributed by atoms with Crippen molar-refractivity contribution in [3.8, 4) is 0 Å². The summed E-state index contributed by atoms with van der Waals surface area (Å²) in [7, 11) is 0. The van der Waals surface area contributed by atoms with E-state index in [-0.39, 0.29) is 14.9 Å². The molecule has 0 bridgehead atoms. The molecule has 0 heteroatoms. The molecule has 2 aliphatic rings. The average Bonchev–Trinajstić information content (AvgIpc) is 3.02. The molecule has 132 valence electrons. The predicted octanol–water partition coefficient (Wildman–Crippen LogP) is 6.98. The van der Waals surface area contributed by atoms with Crippen LogP contribution in [0.25, 0.3) is 0 Å². The van der Waals surface area contributed by atoms with E-state index in [9.17, 15) is 0 Å². The van der Waals surface area contributed by atoms with Crippen LogP contribution < -0.4 is 0 Å². The molecule has 0 nitrogen and oxygen atoms in total. The fourth-order valence-electron chi connectivity index (χ4n) is 4.04. The number of rotatable bonds is 0. The molecule has 2 aliphatic carbocycles. The second-order valence-electron chi connectivity index (χ2n) is 7.39. The summed E-state index contributed by atoms with van der Waals surface area (Å²) in [4.78, 5) is 0. The van der Waals surface area contributed by atoms with Crippen LogP contribution in [0.15, 0.2) is 42.5 Å². The molecule has 2 aromatic rings. The number of hydrogen-bond acceptors (Lipinski definition) is 0. The number of aryl methyl sites for hydroxylation is 1. The van der Waals surface area contributed by atoms with E-state index in [0.29, 0.717) is 0 Å². The van der Waals surface area contributed by atoms with E-state index < -0.39 is 0 Å². The van der Waals surface area contributed by atoms with Crippen molar-refractivity contribution in [1.29, 1.82) is 0 Å². The van der Waals surface area contributed by atoms with E-state index in [1.54, 1.807) is 22.3 Å². The second-order valence-corrected chi connectivity index (χ2v) is 7.39. The van der Waals surface area contributed by atoms with Crippen LogP contribution in [0, 0.1) is 18.8 Å². The van der Waals surface area contributed by atoms with Crippen molar-refractivity contribution in [3.05, 3.63) is 70.3 Å². The van der Waals surface area contributed by atoms with Crippen molar-refractivity contribution in [2.75, 3.05) is 0 Å². The van der Waals surface area contributed by atoms with Gasteiger partial charge in [-0.05, 0) is 71.8 Å². The summed E-state index contributed by atoms with van der Waals surface area (Å²) < 4.78 is 0. The van der Waals surface area contributed by atoms with Crippen LogP contribution in [0.4, 0.5) is 0 Å². The van der Waals surface area contributed by atoms with Gasteiger partial charge in [0.15, 0.2) is 0 Å².